The molecule has 120 valence electrons. The highest BCUT2D eigenvalue weighted by atomic mass is 16.5. The van der Waals surface area contributed by atoms with Crippen LogP contribution in [0.2, 0.25) is 0 Å². The van der Waals surface area contributed by atoms with E-state index in [4.69, 9.17) is 4.74 Å². The van der Waals surface area contributed by atoms with Gasteiger partial charge in [-0.1, -0.05) is 6.07 Å². The molecule has 2 aromatic rings. The maximum absolute atomic E-state index is 12.8. The van der Waals surface area contributed by atoms with Crippen molar-refractivity contribution < 1.29 is 19.4 Å². The number of aromatic nitrogens is 1. The molecule has 23 heavy (non-hydrogen) atoms. The Morgan fingerprint density at radius 2 is 2.22 bits per heavy atom. The highest BCUT2D eigenvalue weighted by Gasteiger charge is 2.54. The fraction of sp³-hybridized carbons (Fsp3) is 0.412. The average molecular weight is 314 g/mol. The zero-order valence-electron chi connectivity index (χ0n) is 12.6. The lowest BCUT2D eigenvalue weighted by atomic mass is 9.74. The molecule has 0 radical (unpaired) electrons. The van der Waals surface area contributed by atoms with Crippen molar-refractivity contribution in [2.45, 2.75) is 6.42 Å². The Morgan fingerprint density at radius 3 is 3.00 bits per heavy atom. The normalized spacial score (nSPS) is 27.1. The van der Waals surface area contributed by atoms with Gasteiger partial charge in [-0.2, -0.15) is 0 Å². The molecule has 2 fully saturated rings. The molecular weight excluding hydrogens is 296 g/mol. The third-order valence-corrected chi connectivity index (χ3v) is 5.22. The van der Waals surface area contributed by atoms with Crippen molar-refractivity contribution in [1.29, 1.82) is 0 Å². The van der Waals surface area contributed by atoms with E-state index in [0.29, 0.717) is 31.7 Å². The van der Waals surface area contributed by atoms with Gasteiger partial charge in [0, 0.05) is 42.9 Å². The van der Waals surface area contributed by atoms with Gasteiger partial charge in [-0.15, -0.1) is 0 Å². The van der Waals surface area contributed by atoms with Gasteiger partial charge in [0.2, 0.25) is 0 Å². The van der Waals surface area contributed by atoms with E-state index in [0.717, 1.165) is 10.9 Å². The predicted octanol–water partition coefficient (Wildman–Crippen LogP) is 1.73. The molecule has 0 aliphatic carbocycles. The van der Waals surface area contributed by atoms with Crippen LogP contribution in [-0.2, 0) is 9.53 Å². The van der Waals surface area contributed by atoms with Crippen molar-refractivity contribution in [2.75, 3.05) is 26.3 Å². The quantitative estimate of drug-likeness (QED) is 0.884. The molecule has 0 bridgehead atoms. The fourth-order valence-electron chi connectivity index (χ4n) is 3.82. The number of hydrogen-bond acceptors (Lipinski definition) is 3. The molecular formula is C17H18N2O4. The largest absolute Gasteiger partial charge is 0.481 e. The highest BCUT2D eigenvalue weighted by Crippen LogP contribution is 2.42. The molecule has 4 rings (SSSR count). The molecule has 6 heteroatoms. The summed E-state index contributed by atoms with van der Waals surface area (Å²) in [4.78, 5) is 29.4. The number of carbonyl (C=O) groups is 2. The Kier molecular flexibility index (Phi) is 3.16. The Bertz CT molecular complexity index is 784. The van der Waals surface area contributed by atoms with Crippen LogP contribution in [0.1, 0.15) is 16.8 Å². The summed E-state index contributed by atoms with van der Waals surface area (Å²) in [5, 5.41) is 10.7. The first-order valence-corrected chi connectivity index (χ1v) is 7.78. The van der Waals surface area contributed by atoms with Gasteiger partial charge in [-0.3, -0.25) is 9.59 Å². The van der Waals surface area contributed by atoms with Gasteiger partial charge < -0.3 is 19.7 Å². The monoisotopic (exact) mass is 314 g/mol. The number of H-pyrrole nitrogens is 1. The number of rotatable bonds is 2. The van der Waals surface area contributed by atoms with Crippen LogP contribution in [-0.4, -0.2) is 53.2 Å². The highest BCUT2D eigenvalue weighted by molar-refractivity contribution is 5.98. The predicted molar refractivity (Wildman–Crippen MR) is 83.2 cm³/mol. The smallest absolute Gasteiger partial charge is 0.311 e. The number of ether oxygens (including phenoxy) is 1. The SMILES string of the molecule is O=C(c1ccc2cc[nH]c2c1)N1C[C@H]2COCC[C@@]2(C(=O)O)C1. The van der Waals surface area contributed by atoms with Crippen LogP contribution in [0, 0.1) is 11.3 Å². The number of aromatic amines is 1. The van der Waals surface area contributed by atoms with E-state index in [-0.39, 0.29) is 18.4 Å². The van der Waals surface area contributed by atoms with Gasteiger partial charge in [0.15, 0.2) is 0 Å². The number of aliphatic carboxylic acids is 1. The average Bonchev–Trinajstić information content (AvgIpc) is 3.18. The Hall–Kier alpha value is -2.34. The van der Waals surface area contributed by atoms with E-state index >= 15 is 0 Å². The maximum atomic E-state index is 12.8. The second-order valence-electron chi connectivity index (χ2n) is 6.45. The first kappa shape index (κ1) is 14.3. The van der Waals surface area contributed by atoms with Crippen molar-refractivity contribution in [3.63, 3.8) is 0 Å². The van der Waals surface area contributed by atoms with Gasteiger partial charge in [0.05, 0.1) is 12.0 Å². The minimum Gasteiger partial charge on any atom is -0.481 e. The van der Waals surface area contributed by atoms with Crippen LogP contribution in [0.15, 0.2) is 30.5 Å². The van der Waals surface area contributed by atoms with Crippen LogP contribution in [0.25, 0.3) is 10.9 Å². The van der Waals surface area contributed by atoms with Crippen molar-refractivity contribution in [1.82, 2.24) is 9.88 Å². The van der Waals surface area contributed by atoms with Crippen LogP contribution < -0.4 is 0 Å². The number of fused-ring (bicyclic) bond motifs is 2. The second kappa shape index (κ2) is 5.09. The van der Waals surface area contributed by atoms with E-state index < -0.39 is 11.4 Å². The standard InChI is InChI=1S/C17H18N2O4/c20-15(12-2-1-11-3-5-18-14(11)7-12)19-8-13-9-23-6-4-17(13,10-19)16(21)22/h1-3,5,7,13,18H,4,6,8-10H2,(H,21,22)/t13-,17+/m0/s1. The summed E-state index contributed by atoms with van der Waals surface area (Å²) in [6, 6.07) is 7.47. The molecule has 2 atom stereocenters. The third-order valence-electron chi connectivity index (χ3n) is 5.22. The van der Waals surface area contributed by atoms with Crippen LogP contribution in [0.3, 0.4) is 0 Å². The number of carboxylic acid groups (broad SMARTS) is 1. The Balaban J connectivity index is 1.63. The van der Waals surface area contributed by atoms with Gasteiger partial charge >= 0.3 is 5.97 Å². The molecule has 3 heterocycles. The van der Waals surface area contributed by atoms with E-state index in [9.17, 15) is 14.7 Å². The molecule has 0 spiro atoms. The molecule has 2 aliphatic rings. The van der Waals surface area contributed by atoms with Crippen molar-refractivity contribution in [2.24, 2.45) is 11.3 Å². The zero-order valence-corrected chi connectivity index (χ0v) is 12.6. The van der Waals surface area contributed by atoms with E-state index in [1.165, 1.54) is 0 Å². The van der Waals surface area contributed by atoms with E-state index in [1.54, 1.807) is 11.0 Å². The molecule has 1 amide bonds. The maximum Gasteiger partial charge on any atom is 0.311 e. The number of benzene rings is 1. The minimum atomic E-state index is -0.857. The lowest BCUT2D eigenvalue weighted by Crippen LogP contribution is -2.45. The number of nitrogens with zero attached hydrogens (tertiary/aromatic N) is 1. The third kappa shape index (κ3) is 2.13. The van der Waals surface area contributed by atoms with Crippen molar-refractivity contribution >= 4 is 22.8 Å². The van der Waals surface area contributed by atoms with Gasteiger partial charge in [-0.25, -0.2) is 0 Å². The molecule has 2 N–H and O–H groups in total. The van der Waals surface area contributed by atoms with Crippen LogP contribution in [0.4, 0.5) is 0 Å². The van der Waals surface area contributed by atoms with Crippen LogP contribution >= 0.6 is 0 Å². The lowest BCUT2D eigenvalue weighted by molar-refractivity contribution is -0.157. The summed E-state index contributed by atoms with van der Waals surface area (Å²) >= 11 is 0. The summed E-state index contributed by atoms with van der Waals surface area (Å²) in [7, 11) is 0. The zero-order chi connectivity index (χ0) is 16.0. The van der Waals surface area contributed by atoms with Crippen LogP contribution in [0.5, 0.6) is 0 Å². The summed E-state index contributed by atoms with van der Waals surface area (Å²) in [5.41, 5.74) is 0.633. The number of likely N-dealkylation sites (tertiary alicyclic amines) is 1. The van der Waals surface area contributed by atoms with Gasteiger partial charge in [0.25, 0.3) is 5.91 Å². The topological polar surface area (TPSA) is 82.6 Å². The molecule has 2 saturated heterocycles. The summed E-state index contributed by atoms with van der Waals surface area (Å²) in [6.07, 6.45) is 2.30. The summed E-state index contributed by atoms with van der Waals surface area (Å²) in [5.74, 6) is -1.07. The Labute approximate surface area is 133 Å². The van der Waals surface area contributed by atoms with Crippen molar-refractivity contribution in [3.05, 3.63) is 36.0 Å². The molecule has 2 aliphatic heterocycles. The fourth-order valence-corrected chi connectivity index (χ4v) is 3.82. The molecule has 1 aromatic heterocycles. The number of nitrogens with one attached hydrogen (secondary N) is 1. The van der Waals surface area contributed by atoms with E-state index in [2.05, 4.69) is 4.98 Å². The first-order valence-electron chi connectivity index (χ1n) is 7.78. The molecule has 1 aromatic carbocycles. The van der Waals surface area contributed by atoms with Crippen molar-refractivity contribution in [3.8, 4) is 0 Å². The Morgan fingerprint density at radius 1 is 1.35 bits per heavy atom. The lowest BCUT2D eigenvalue weighted by Gasteiger charge is -2.33. The van der Waals surface area contributed by atoms with E-state index in [1.807, 2.05) is 24.4 Å². The summed E-state index contributed by atoms with van der Waals surface area (Å²) in [6.45, 7) is 1.55. The minimum absolute atomic E-state index is 0.114. The number of carbonyl (C=O) groups excluding carboxylic acids is 1. The number of hydrogen-bond donors (Lipinski definition) is 2. The second-order valence-corrected chi connectivity index (χ2v) is 6.45. The molecule has 6 nitrogen and oxygen atoms in total. The molecule has 0 unspecified atom stereocenters. The number of carboxylic acids is 1. The van der Waals surface area contributed by atoms with Gasteiger partial charge in [0.1, 0.15) is 0 Å². The first-order chi connectivity index (χ1) is 11.1. The van der Waals surface area contributed by atoms with Gasteiger partial charge in [-0.05, 0) is 30.0 Å². The number of amides is 1. The molecule has 0 saturated carbocycles. The summed E-state index contributed by atoms with van der Waals surface area (Å²) < 4.78 is 5.43.